The summed E-state index contributed by atoms with van der Waals surface area (Å²) in [6.45, 7) is 0. The lowest BCUT2D eigenvalue weighted by Crippen LogP contribution is -2.04. The van der Waals surface area contributed by atoms with Crippen molar-refractivity contribution in [1.82, 2.24) is 15.2 Å². The molecule has 0 saturated heterocycles. The van der Waals surface area contributed by atoms with E-state index in [-0.39, 0.29) is 0 Å². The molecule has 0 amide bonds. The molecule has 2 heterocycles. The Morgan fingerprint density at radius 1 is 1.50 bits per heavy atom. The summed E-state index contributed by atoms with van der Waals surface area (Å²) >= 11 is 0. The Hall–Kier alpha value is -2.04. The van der Waals surface area contributed by atoms with E-state index in [4.69, 9.17) is 0 Å². The molecule has 0 N–H and O–H groups in total. The lowest BCUT2D eigenvalue weighted by molar-refractivity contribution is 0.0602. The van der Waals surface area contributed by atoms with Crippen molar-refractivity contribution in [2.24, 2.45) is 0 Å². The van der Waals surface area contributed by atoms with E-state index >= 15 is 0 Å². The maximum absolute atomic E-state index is 11.3. The Morgan fingerprint density at radius 2 is 2.36 bits per heavy atom. The van der Waals surface area contributed by atoms with Crippen molar-refractivity contribution in [3.63, 3.8) is 0 Å². The normalized spacial score (nSPS) is 10.1. The van der Waals surface area contributed by atoms with Crippen molar-refractivity contribution in [3.05, 3.63) is 30.1 Å². The fourth-order valence-corrected chi connectivity index (χ4v) is 1.17. The Labute approximate surface area is 79.7 Å². The highest BCUT2D eigenvalue weighted by Gasteiger charge is 2.11. The Balaban J connectivity index is 2.71. The number of rotatable bonds is 1. The smallest absolute Gasteiger partial charge is 0.340 e. The van der Waals surface area contributed by atoms with E-state index in [9.17, 15) is 4.79 Å². The highest BCUT2D eigenvalue weighted by molar-refractivity contribution is 6.01. The zero-order valence-corrected chi connectivity index (χ0v) is 7.47. The Bertz CT molecular complexity index is 479. The fraction of sp³-hybridized carbons (Fsp3) is 0.111. The van der Waals surface area contributed by atoms with Crippen molar-refractivity contribution in [1.29, 1.82) is 0 Å². The van der Waals surface area contributed by atoms with E-state index in [0.29, 0.717) is 16.6 Å². The number of hydrogen-bond acceptors (Lipinski definition) is 5. The minimum Gasteiger partial charge on any atom is -0.465 e. The fourth-order valence-electron chi connectivity index (χ4n) is 1.17. The number of nitrogens with zero attached hydrogens (tertiary/aromatic N) is 3. The molecule has 0 aliphatic heterocycles. The predicted molar refractivity (Wildman–Crippen MR) is 48.7 cm³/mol. The summed E-state index contributed by atoms with van der Waals surface area (Å²) in [7, 11) is 1.32. The van der Waals surface area contributed by atoms with Gasteiger partial charge in [0.25, 0.3) is 0 Å². The minimum atomic E-state index is -0.432. The van der Waals surface area contributed by atoms with Crippen molar-refractivity contribution in [2.75, 3.05) is 7.11 Å². The average Bonchev–Trinajstić information content (AvgIpc) is 2.27. The largest absolute Gasteiger partial charge is 0.465 e. The molecule has 2 aromatic heterocycles. The second-order valence-electron chi connectivity index (χ2n) is 2.62. The molecule has 5 nitrogen and oxygen atoms in total. The minimum absolute atomic E-state index is 0.380. The van der Waals surface area contributed by atoms with Crippen LogP contribution < -0.4 is 0 Å². The second kappa shape index (κ2) is 3.37. The molecule has 14 heavy (non-hydrogen) atoms. The molecule has 2 aromatic rings. The monoisotopic (exact) mass is 189 g/mol. The Morgan fingerprint density at radius 3 is 3.14 bits per heavy atom. The summed E-state index contributed by atoms with van der Waals surface area (Å²) in [5.41, 5.74) is 0.820. The first-order valence-corrected chi connectivity index (χ1v) is 3.97. The third-order valence-corrected chi connectivity index (χ3v) is 1.82. The zero-order chi connectivity index (χ0) is 9.97. The molecule has 0 atom stereocenters. The van der Waals surface area contributed by atoms with E-state index in [2.05, 4.69) is 19.9 Å². The van der Waals surface area contributed by atoms with E-state index in [1.165, 1.54) is 13.3 Å². The van der Waals surface area contributed by atoms with Crippen LogP contribution in [-0.2, 0) is 4.74 Å². The summed E-state index contributed by atoms with van der Waals surface area (Å²) in [4.78, 5) is 15.3. The van der Waals surface area contributed by atoms with Gasteiger partial charge in [-0.05, 0) is 12.1 Å². The molecular formula is C9H7N3O2. The lowest BCUT2D eigenvalue weighted by Gasteiger charge is -2.00. The molecule has 0 unspecified atom stereocenters. The molecule has 0 saturated carbocycles. The van der Waals surface area contributed by atoms with Crippen LogP contribution in [0.1, 0.15) is 10.4 Å². The van der Waals surface area contributed by atoms with Gasteiger partial charge in [0.2, 0.25) is 0 Å². The van der Waals surface area contributed by atoms with Crippen molar-refractivity contribution in [2.45, 2.75) is 0 Å². The van der Waals surface area contributed by atoms with Crippen LogP contribution in [0.2, 0.25) is 0 Å². The lowest BCUT2D eigenvalue weighted by atomic mass is 10.2. The zero-order valence-electron chi connectivity index (χ0n) is 7.47. The van der Waals surface area contributed by atoms with Gasteiger partial charge in [-0.1, -0.05) is 0 Å². The molecule has 0 fully saturated rings. The topological polar surface area (TPSA) is 65.0 Å². The van der Waals surface area contributed by atoms with Gasteiger partial charge in [-0.15, -0.1) is 5.10 Å². The van der Waals surface area contributed by atoms with Crippen LogP contribution >= 0.6 is 0 Å². The van der Waals surface area contributed by atoms with E-state index in [1.54, 1.807) is 18.3 Å². The van der Waals surface area contributed by atoms with Gasteiger partial charge in [-0.2, -0.15) is 5.10 Å². The van der Waals surface area contributed by atoms with E-state index in [1.807, 2.05) is 0 Å². The molecule has 2 rings (SSSR count). The molecule has 0 radical (unpaired) electrons. The van der Waals surface area contributed by atoms with E-state index in [0.717, 1.165) is 0 Å². The van der Waals surface area contributed by atoms with Gasteiger partial charge in [0.1, 0.15) is 0 Å². The van der Waals surface area contributed by atoms with Crippen LogP contribution in [0.4, 0.5) is 0 Å². The summed E-state index contributed by atoms with van der Waals surface area (Å²) < 4.78 is 4.61. The number of hydrogen-bond donors (Lipinski definition) is 0. The predicted octanol–water partition coefficient (Wildman–Crippen LogP) is 0.811. The average molecular weight is 189 g/mol. The van der Waals surface area contributed by atoms with Gasteiger partial charge in [-0.3, -0.25) is 0 Å². The second-order valence-corrected chi connectivity index (χ2v) is 2.62. The number of esters is 1. The number of carbonyl (C=O) groups excluding carboxylic acids is 1. The highest BCUT2D eigenvalue weighted by Crippen LogP contribution is 2.13. The van der Waals surface area contributed by atoms with Gasteiger partial charge in [0.15, 0.2) is 5.65 Å². The van der Waals surface area contributed by atoms with Crippen molar-refractivity contribution in [3.8, 4) is 0 Å². The standard InChI is InChI=1S/C9H7N3O2/c1-14-9(13)7-5-11-12-8-6(7)3-2-4-10-8/h2-5H,1H3. The summed E-state index contributed by atoms with van der Waals surface area (Å²) in [6.07, 6.45) is 2.97. The molecular weight excluding hydrogens is 182 g/mol. The van der Waals surface area contributed by atoms with Crippen LogP contribution in [0.3, 0.4) is 0 Å². The number of carbonyl (C=O) groups is 1. The molecule has 5 heteroatoms. The van der Waals surface area contributed by atoms with Crippen LogP contribution in [0.15, 0.2) is 24.5 Å². The molecule has 0 aliphatic carbocycles. The van der Waals surface area contributed by atoms with Gasteiger partial charge in [0.05, 0.1) is 18.9 Å². The number of fused-ring (bicyclic) bond motifs is 1. The maximum Gasteiger partial charge on any atom is 0.340 e. The van der Waals surface area contributed by atoms with Gasteiger partial charge in [0, 0.05) is 11.6 Å². The van der Waals surface area contributed by atoms with Crippen LogP contribution in [0.25, 0.3) is 11.0 Å². The number of pyridine rings is 1. The van der Waals surface area contributed by atoms with E-state index < -0.39 is 5.97 Å². The van der Waals surface area contributed by atoms with Crippen molar-refractivity contribution >= 4 is 17.0 Å². The quantitative estimate of drug-likeness (QED) is 0.621. The SMILES string of the molecule is COC(=O)c1cnnc2ncccc12. The molecule has 70 valence electrons. The molecule has 0 aromatic carbocycles. The van der Waals surface area contributed by atoms with Crippen LogP contribution in [-0.4, -0.2) is 28.3 Å². The summed E-state index contributed by atoms with van der Waals surface area (Å²) in [5.74, 6) is -0.432. The number of ether oxygens (including phenoxy) is 1. The van der Waals surface area contributed by atoms with Gasteiger partial charge in [-0.25, -0.2) is 9.78 Å². The first-order chi connectivity index (χ1) is 6.83. The third kappa shape index (κ3) is 1.28. The number of methoxy groups -OCH3 is 1. The maximum atomic E-state index is 11.3. The highest BCUT2D eigenvalue weighted by atomic mass is 16.5. The molecule has 0 spiro atoms. The first-order valence-electron chi connectivity index (χ1n) is 3.97. The Kier molecular flexibility index (Phi) is 2.06. The van der Waals surface area contributed by atoms with Gasteiger partial charge < -0.3 is 4.74 Å². The van der Waals surface area contributed by atoms with Crippen LogP contribution in [0.5, 0.6) is 0 Å². The first kappa shape index (κ1) is 8.55. The summed E-state index contributed by atoms with van der Waals surface area (Å²) in [6, 6.07) is 3.49. The third-order valence-electron chi connectivity index (χ3n) is 1.82. The molecule has 0 aliphatic rings. The number of aromatic nitrogens is 3. The molecule has 0 bridgehead atoms. The van der Waals surface area contributed by atoms with Crippen molar-refractivity contribution < 1.29 is 9.53 Å². The van der Waals surface area contributed by atoms with Crippen LogP contribution in [0, 0.1) is 0 Å². The summed E-state index contributed by atoms with van der Waals surface area (Å²) in [5, 5.41) is 8.11. The van der Waals surface area contributed by atoms with Gasteiger partial charge >= 0.3 is 5.97 Å².